The van der Waals surface area contributed by atoms with E-state index in [1.165, 1.54) is 19.3 Å². The second-order valence-electron chi connectivity index (χ2n) is 8.13. The van der Waals surface area contributed by atoms with Crippen LogP contribution in [0.15, 0.2) is 42.7 Å². The van der Waals surface area contributed by atoms with Crippen molar-refractivity contribution in [2.45, 2.75) is 51.1 Å². The molecule has 4 aromatic rings. The molecule has 3 aromatic heterocycles. The Morgan fingerprint density at radius 2 is 1.83 bits per heavy atom. The highest BCUT2D eigenvalue weighted by molar-refractivity contribution is 5.66. The molecule has 1 atom stereocenters. The molecule has 6 rings (SSSR count). The molecule has 1 saturated heterocycles. The van der Waals surface area contributed by atoms with Crippen molar-refractivity contribution < 1.29 is 0 Å². The summed E-state index contributed by atoms with van der Waals surface area (Å²) in [5, 5.41) is 13.7. The molecule has 8 nitrogen and oxygen atoms in total. The van der Waals surface area contributed by atoms with Gasteiger partial charge in [-0.05, 0) is 32.1 Å². The Morgan fingerprint density at radius 1 is 0.933 bits per heavy atom. The zero-order valence-electron chi connectivity index (χ0n) is 16.9. The third kappa shape index (κ3) is 2.86. The summed E-state index contributed by atoms with van der Waals surface area (Å²) in [5.41, 5.74) is 2.00. The minimum atomic E-state index is 0.191. The molecule has 0 saturated carbocycles. The number of rotatable bonds is 3. The first-order chi connectivity index (χ1) is 14.9. The van der Waals surface area contributed by atoms with Gasteiger partial charge in [0, 0.05) is 31.1 Å². The van der Waals surface area contributed by atoms with Crippen LogP contribution in [-0.2, 0) is 13.0 Å². The molecule has 0 amide bonds. The molecule has 0 N–H and O–H groups in total. The molecule has 0 aliphatic carbocycles. The lowest BCUT2D eigenvalue weighted by atomic mass is 10.0. The van der Waals surface area contributed by atoms with Crippen molar-refractivity contribution in [3.8, 4) is 11.3 Å². The van der Waals surface area contributed by atoms with Crippen LogP contribution in [0.1, 0.15) is 49.8 Å². The van der Waals surface area contributed by atoms with Gasteiger partial charge in [-0.3, -0.25) is 0 Å². The van der Waals surface area contributed by atoms with Crippen LogP contribution in [0.5, 0.6) is 0 Å². The maximum absolute atomic E-state index is 4.75. The fraction of sp³-hybridized carbons (Fsp3) is 0.409. The first-order valence-corrected chi connectivity index (χ1v) is 10.8. The zero-order valence-corrected chi connectivity index (χ0v) is 16.9. The standard InChI is InChI=1S/C22H24N8/c1-2-8-16(9-3-1)17-14-20(30-22(25-17)23-15-24-30)28-12-6-4-10-18(28)21-27-26-19-11-5-7-13-29(19)21/h1-3,8-9,14-15,18H,4-7,10-13H2. The van der Waals surface area contributed by atoms with Crippen molar-refractivity contribution in [2.24, 2.45) is 0 Å². The number of aryl methyl sites for hydroxylation is 1. The van der Waals surface area contributed by atoms with E-state index in [2.05, 4.69) is 47.9 Å². The van der Waals surface area contributed by atoms with Crippen molar-refractivity contribution in [1.29, 1.82) is 0 Å². The summed E-state index contributed by atoms with van der Waals surface area (Å²) in [4.78, 5) is 11.6. The third-order valence-electron chi connectivity index (χ3n) is 6.29. The quantitative estimate of drug-likeness (QED) is 0.524. The average molecular weight is 400 g/mol. The van der Waals surface area contributed by atoms with Crippen LogP contribution in [0.3, 0.4) is 0 Å². The smallest absolute Gasteiger partial charge is 0.254 e. The lowest BCUT2D eigenvalue weighted by molar-refractivity contribution is 0.419. The van der Waals surface area contributed by atoms with Crippen LogP contribution in [0.2, 0.25) is 0 Å². The minimum Gasteiger partial charge on any atom is -0.346 e. The van der Waals surface area contributed by atoms with E-state index in [1.807, 2.05) is 22.7 Å². The van der Waals surface area contributed by atoms with Crippen LogP contribution < -0.4 is 4.90 Å². The number of hydrogen-bond donors (Lipinski definition) is 0. The molecule has 1 aromatic carbocycles. The monoisotopic (exact) mass is 400 g/mol. The van der Waals surface area contributed by atoms with Crippen molar-refractivity contribution >= 4 is 11.6 Å². The number of piperidine rings is 1. The van der Waals surface area contributed by atoms with E-state index in [4.69, 9.17) is 4.98 Å². The highest BCUT2D eigenvalue weighted by Crippen LogP contribution is 2.36. The fourth-order valence-corrected chi connectivity index (χ4v) is 4.81. The van der Waals surface area contributed by atoms with Crippen LogP contribution in [0, 0.1) is 0 Å². The van der Waals surface area contributed by atoms with Crippen LogP contribution in [0.4, 0.5) is 5.82 Å². The summed E-state index contributed by atoms with van der Waals surface area (Å²) in [7, 11) is 0. The van der Waals surface area contributed by atoms with Gasteiger partial charge < -0.3 is 9.47 Å². The summed E-state index contributed by atoms with van der Waals surface area (Å²) in [6.45, 7) is 1.98. The van der Waals surface area contributed by atoms with E-state index in [-0.39, 0.29) is 6.04 Å². The first kappa shape index (κ1) is 17.6. The molecule has 1 fully saturated rings. The SMILES string of the molecule is c1ccc(-c2cc(N3CCCCC3c3nnc4n3CCCC4)n3ncnc3n2)cc1. The van der Waals surface area contributed by atoms with Gasteiger partial charge >= 0.3 is 0 Å². The van der Waals surface area contributed by atoms with Crippen molar-refractivity contribution in [1.82, 2.24) is 34.3 Å². The molecule has 30 heavy (non-hydrogen) atoms. The molecule has 152 valence electrons. The predicted molar refractivity (Wildman–Crippen MR) is 113 cm³/mol. The summed E-state index contributed by atoms with van der Waals surface area (Å²) < 4.78 is 4.21. The topological polar surface area (TPSA) is 77.0 Å². The maximum atomic E-state index is 4.75. The Balaban J connectivity index is 1.48. The normalized spacial score (nSPS) is 19.2. The first-order valence-electron chi connectivity index (χ1n) is 10.8. The van der Waals surface area contributed by atoms with Crippen LogP contribution in [-0.4, -0.2) is 40.9 Å². The summed E-state index contributed by atoms with van der Waals surface area (Å²) in [6.07, 6.45) is 8.43. The van der Waals surface area contributed by atoms with E-state index >= 15 is 0 Å². The van der Waals surface area contributed by atoms with Gasteiger partial charge in [0.1, 0.15) is 18.0 Å². The molecule has 0 radical (unpaired) electrons. The number of nitrogens with zero attached hydrogens (tertiary/aromatic N) is 8. The second kappa shape index (κ2) is 7.19. The van der Waals surface area contributed by atoms with Gasteiger partial charge in [0.15, 0.2) is 5.82 Å². The van der Waals surface area contributed by atoms with Gasteiger partial charge in [0.2, 0.25) is 0 Å². The van der Waals surface area contributed by atoms with Gasteiger partial charge in [0.25, 0.3) is 5.78 Å². The average Bonchev–Trinajstić information content (AvgIpc) is 3.46. The largest absolute Gasteiger partial charge is 0.346 e. The van der Waals surface area contributed by atoms with E-state index in [9.17, 15) is 0 Å². The summed E-state index contributed by atoms with van der Waals surface area (Å²) in [5.74, 6) is 3.87. The second-order valence-corrected chi connectivity index (χ2v) is 8.13. The number of fused-ring (bicyclic) bond motifs is 2. The predicted octanol–water partition coefficient (Wildman–Crippen LogP) is 3.45. The summed E-state index contributed by atoms with van der Waals surface area (Å²) >= 11 is 0. The number of aromatic nitrogens is 7. The Morgan fingerprint density at radius 3 is 2.77 bits per heavy atom. The molecule has 0 bridgehead atoms. The molecular formula is C22H24N8. The van der Waals surface area contributed by atoms with Gasteiger partial charge in [0.05, 0.1) is 11.7 Å². The highest BCUT2D eigenvalue weighted by Gasteiger charge is 2.32. The number of anilines is 1. The molecule has 5 heterocycles. The van der Waals surface area contributed by atoms with E-state index in [0.29, 0.717) is 5.78 Å². The van der Waals surface area contributed by atoms with Gasteiger partial charge in [-0.1, -0.05) is 30.3 Å². The molecule has 2 aliphatic rings. The molecule has 1 unspecified atom stereocenters. The fourth-order valence-electron chi connectivity index (χ4n) is 4.81. The lowest BCUT2D eigenvalue weighted by Gasteiger charge is -2.37. The molecular weight excluding hydrogens is 376 g/mol. The minimum absolute atomic E-state index is 0.191. The van der Waals surface area contributed by atoms with Crippen LogP contribution >= 0.6 is 0 Å². The van der Waals surface area contributed by atoms with Gasteiger partial charge in [-0.2, -0.15) is 14.6 Å². The maximum Gasteiger partial charge on any atom is 0.254 e. The van der Waals surface area contributed by atoms with Crippen molar-refractivity contribution in [2.75, 3.05) is 11.4 Å². The summed E-state index contributed by atoms with van der Waals surface area (Å²) in [6, 6.07) is 12.6. The number of hydrogen-bond acceptors (Lipinski definition) is 6. The molecule has 0 spiro atoms. The Hall–Kier alpha value is -3.29. The third-order valence-corrected chi connectivity index (χ3v) is 6.29. The van der Waals surface area contributed by atoms with Gasteiger partial charge in [-0.15, -0.1) is 10.2 Å². The van der Waals surface area contributed by atoms with E-state index in [0.717, 1.165) is 61.1 Å². The van der Waals surface area contributed by atoms with Crippen molar-refractivity contribution in [3.05, 3.63) is 54.4 Å². The Labute approximate surface area is 174 Å². The highest BCUT2D eigenvalue weighted by atomic mass is 15.4. The lowest BCUT2D eigenvalue weighted by Crippen LogP contribution is -2.37. The van der Waals surface area contributed by atoms with E-state index < -0.39 is 0 Å². The van der Waals surface area contributed by atoms with E-state index in [1.54, 1.807) is 6.33 Å². The zero-order chi connectivity index (χ0) is 19.9. The van der Waals surface area contributed by atoms with Crippen LogP contribution in [0.25, 0.3) is 17.0 Å². The number of benzene rings is 1. The molecule has 2 aliphatic heterocycles. The van der Waals surface area contributed by atoms with Crippen molar-refractivity contribution in [3.63, 3.8) is 0 Å². The Kier molecular flexibility index (Phi) is 4.21. The molecule has 8 heteroatoms. The van der Waals surface area contributed by atoms with Gasteiger partial charge in [-0.25, -0.2) is 4.98 Å². The Bertz CT molecular complexity index is 1180.